The van der Waals surface area contributed by atoms with E-state index in [4.69, 9.17) is 16.7 Å². The lowest BCUT2D eigenvalue weighted by Crippen LogP contribution is -2.11. The van der Waals surface area contributed by atoms with E-state index in [1.807, 2.05) is 0 Å². The number of nitrogens with one attached hydrogen (secondary N) is 1. The summed E-state index contributed by atoms with van der Waals surface area (Å²) in [5.41, 5.74) is -0.657. The van der Waals surface area contributed by atoms with Crippen LogP contribution >= 0.6 is 11.6 Å². The molecular weight excluding hydrogens is 236 g/mol. The molecular formula is C8H5ClN4O3. The molecule has 0 saturated carbocycles. The van der Waals surface area contributed by atoms with E-state index < -0.39 is 11.5 Å². The van der Waals surface area contributed by atoms with Crippen LogP contribution in [0.5, 0.6) is 0 Å². The first-order chi connectivity index (χ1) is 7.59. The summed E-state index contributed by atoms with van der Waals surface area (Å²) in [6.45, 7) is 0. The predicted molar refractivity (Wildman–Crippen MR) is 53.9 cm³/mol. The van der Waals surface area contributed by atoms with Crippen LogP contribution in [0.3, 0.4) is 0 Å². The van der Waals surface area contributed by atoms with Gasteiger partial charge in [0.2, 0.25) is 0 Å². The molecule has 82 valence electrons. The van der Waals surface area contributed by atoms with E-state index in [9.17, 15) is 9.59 Å². The van der Waals surface area contributed by atoms with Crippen LogP contribution in [-0.2, 0) is 0 Å². The highest BCUT2D eigenvalue weighted by atomic mass is 35.5. The van der Waals surface area contributed by atoms with Gasteiger partial charge in [0.15, 0.2) is 11.5 Å². The zero-order valence-electron chi connectivity index (χ0n) is 7.72. The van der Waals surface area contributed by atoms with Gasteiger partial charge in [-0.05, 0) is 0 Å². The SMILES string of the molecule is O=C(O)c1cn(-c2nc[nH]c(=O)c2Cl)cn1. The third-order valence-electron chi connectivity index (χ3n) is 1.82. The van der Waals surface area contributed by atoms with E-state index in [0.717, 1.165) is 0 Å². The number of rotatable bonds is 2. The maximum atomic E-state index is 11.2. The second-order valence-electron chi connectivity index (χ2n) is 2.84. The average Bonchev–Trinajstić information content (AvgIpc) is 2.71. The Morgan fingerprint density at radius 1 is 1.50 bits per heavy atom. The molecule has 16 heavy (non-hydrogen) atoms. The number of nitrogens with zero attached hydrogens (tertiary/aromatic N) is 3. The van der Waals surface area contributed by atoms with Gasteiger partial charge in [-0.25, -0.2) is 14.8 Å². The van der Waals surface area contributed by atoms with E-state index in [1.54, 1.807) is 0 Å². The number of hydrogen-bond donors (Lipinski definition) is 2. The summed E-state index contributed by atoms with van der Waals surface area (Å²) >= 11 is 5.71. The van der Waals surface area contributed by atoms with Gasteiger partial charge in [-0.15, -0.1) is 0 Å². The van der Waals surface area contributed by atoms with E-state index in [1.165, 1.54) is 23.4 Å². The first-order valence-electron chi connectivity index (χ1n) is 4.10. The van der Waals surface area contributed by atoms with Gasteiger partial charge in [-0.3, -0.25) is 9.36 Å². The van der Waals surface area contributed by atoms with Gasteiger partial charge in [0.05, 0.1) is 6.33 Å². The van der Waals surface area contributed by atoms with Crippen molar-refractivity contribution in [3.63, 3.8) is 0 Å². The molecule has 0 bridgehead atoms. The van der Waals surface area contributed by atoms with Crippen LogP contribution in [0.15, 0.2) is 23.6 Å². The lowest BCUT2D eigenvalue weighted by molar-refractivity contribution is 0.0691. The minimum Gasteiger partial charge on any atom is -0.476 e. The highest BCUT2D eigenvalue weighted by Gasteiger charge is 2.11. The lowest BCUT2D eigenvalue weighted by atomic mass is 10.5. The van der Waals surface area contributed by atoms with Gasteiger partial charge in [0, 0.05) is 6.20 Å². The Morgan fingerprint density at radius 3 is 2.88 bits per heavy atom. The Bertz CT molecular complexity index is 603. The zero-order chi connectivity index (χ0) is 11.7. The van der Waals surface area contributed by atoms with Crippen LogP contribution in [0, 0.1) is 0 Å². The molecule has 0 radical (unpaired) electrons. The lowest BCUT2D eigenvalue weighted by Gasteiger charge is -2.00. The molecule has 2 heterocycles. The number of carboxylic acids is 1. The number of carboxylic acid groups (broad SMARTS) is 1. The number of carbonyl (C=O) groups is 1. The third kappa shape index (κ3) is 1.68. The van der Waals surface area contributed by atoms with Crippen molar-refractivity contribution < 1.29 is 9.90 Å². The van der Waals surface area contributed by atoms with Crippen LogP contribution in [0.1, 0.15) is 10.5 Å². The Labute approximate surface area is 93.4 Å². The predicted octanol–water partition coefficient (Wildman–Crippen LogP) is 0.307. The fourth-order valence-corrected chi connectivity index (χ4v) is 1.30. The number of imidazole rings is 1. The molecule has 2 aromatic heterocycles. The molecule has 0 aliphatic rings. The number of aromatic amines is 1. The molecule has 2 rings (SSSR count). The molecule has 7 nitrogen and oxygen atoms in total. The second kappa shape index (κ2) is 3.78. The highest BCUT2D eigenvalue weighted by Crippen LogP contribution is 2.12. The van der Waals surface area contributed by atoms with Gasteiger partial charge in [-0.2, -0.15) is 0 Å². The topological polar surface area (TPSA) is 101 Å². The van der Waals surface area contributed by atoms with Crippen molar-refractivity contribution in [2.75, 3.05) is 0 Å². The second-order valence-corrected chi connectivity index (χ2v) is 3.22. The van der Waals surface area contributed by atoms with Gasteiger partial charge in [0.1, 0.15) is 11.3 Å². The smallest absolute Gasteiger partial charge is 0.356 e. The summed E-state index contributed by atoms with van der Waals surface area (Å²) in [6.07, 6.45) is 3.61. The monoisotopic (exact) mass is 240 g/mol. The normalized spacial score (nSPS) is 10.3. The largest absolute Gasteiger partial charge is 0.476 e. The molecule has 0 spiro atoms. The summed E-state index contributed by atoms with van der Waals surface area (Å²) in [5, 5.41) is 8.54. The molecule has 0 unspecified atom stereocenters. The molecule has 0 amide bonds. The van der Waals surface area contributed by atoms with E-state index in [-0.39, 0.29) is 16.5 Å². The molecule has 0 atom stereocenters. The molecule has 2 aromatic rings. The minimum absolute atomic E-state index is 0.128. The standard InChI is InChI=1S/C8H5ClN4O3/c9-5-6(10-2-11-7(5)14)13-1-4(8(15)16)12-3-13/h1-3H,(H,15,16)(H,10,11,14). The molecule has 8 heteroatoms. The Kier molecular flexibility index (Phi) is 2.45. The van der Waals surface area contributed by atoms with Crippen LogP contribution < -0.4 is 5.56 Å². The van der Waals surface area contributed by atoms with Crippen molar-refractivity contribution in [3.8, 4) is 5.82 Å². The Balaban J connectivity index is 2.55. The number of aromatic carboxylic acids is 1. The van der Waals surface area contributed by atoms with Crippen LogP contribution in [-0.4, -0.2) is 30.6 Å². The molecule has 0 aliphatic carbocycles. The van der Waals surface area contributed by atoms with E-state index in [2.05, 4.69) is 15.0 Å². The Morgan fingerprint density at radius 2 is 2.25 bits per heavy atom. The number of aromatic nitrogens is 4. The highest BCUT2D eigenvalue weighted by molar-refractivity contribution is 6.31. The number of H-pyrrole nitrogens is 1. The van der Waals surface area contributed by atoms with Crippen LogP contribution in [0.2, 0.25) is 5.02 Å². The molecule has 0 saturated heterocycles. The fraction of sp³-hybridized carbons (Fsp3) is 0. The maximum Gasteiger partial charge on any atom is 0.356 e. The average molecular weight is 241 g/mol. The van der Waals surface area contributed by atoms with Crippen LogP contribution in [0.4, 0.5) is 0 Å². The summed E-state index contributed by atoms with van der Waals surface area (Å²) in [5.74, 6) is -1.04. The molecule has 0 aromatic carbocycles. The van der Waals surface area contributed by atoms with Crippen molar-refractivity contribution in [2.45, 2.75) is 0 Å². The first kappa shape index (κ1) is 10.4. The van der Waals surface area contributed by atoms with Crippen molar-refractivity contribution in [3.05, 3.63) is 39.9 Å². The van der Waals surface area contributed by atoms with Crippen molar-refractivity contribution >= 4 is 17.6 Å². The maximum absolute atomic E-state index is 11.2. The van der Waals surface area contributed by atoms with Crippen molar-refractivity contribution in [1.29, 1.82) is 0 Å². The van der Waals surface area contributed by atoms with E-state index >= 15 is 0 Å². The summed E-state index contributed by atoms with van der Waals surface area (Å²) in [6, 6.07) is 0. The van der Waals surface area contributed by atoms with Crippen molar-refractivity contribution in [1.82, 2.24) is 19.5 Å². The molecule has 0 fully saturated rings. The molecule has 0 aliphatic heterocycles. The third-order valence-corrected chi connectivity index (χ3v) is 2.17. The molecule has 2 N–H and O–H groups in total. The summed E-state index contributed by atoms with van der Waals surface area (Å²) in [4.78, 5) is 31.5. The van der Waals surface area contributed by atoms with E-state index in [0.29, 0.717) is 0 Å². The quantitative estimate of drug-likeness (QED) is 0.787. The zero-order valence-corrected chi connectivity index (χ0v) is 8.47. The van der Waals surface area contributed by atoms with Gasteiger partial charge >= 0.3 is 5.97 Å². The number of halogens is 1. The van der Waals surface area contributed by atoms with Gasteiger partial charge in [-0.1, -0.05) is 11.6 Å². The summed E-state index contributed by atoms with van der Waals surface area (Å²) < 4.78 is 1.26. The van der Waals surface area contributed by atoms with Gasteiger partial charge in [0.25, 0.3) is 5.56 Å². The summed E-state index contributed by atoms with van der Waals surface area (Å²) in [7, 11) is 0. The number of hydrogen-bond acceptors (Lipinski definition) is 4. The van der Waals surface area contributed by atoms with Crippen molar-refractivity contribution in [2.24, 2.45) is 0 Å². The van der Waals surface area contributed by atoms with Gasteiger partial charge < -0.3 is 10.1 Å². The Hall–Kier alpha value is -2.15. The first-order valence-corrected chi connectivity index (χ1v) is 4.48. The van der Waals surface area contributed by atoms with Crippen LogP contribution in [0.25, 0.3) is 5.82 Å². The fourth-order valence-electron chi connectivity index (χ4n) is 1.10. The minimum atomic E-state index is -1.17.